The Kier molecular flexibility index (Phi) is 8.88. The molecule has 3 aromatic carbocycles. The van der Waals surface area contributed by atoms with Gasteiger partial charge in [-0.1, -0.05) is 11.6 Å². The zero-order valence-corrected chi connectivity index (χ0v) is 32.2. The standard InChI is InChI=1S/C33H18Br2Cl2F5IN2O6/c1-51-16-8-14(19(34)20(35)27(16)46)18-12-6-7-13-17(29(48)44(28(13)47)11-4-2-10(43)3-5-11)15(12)9-32(36)30(49)45(31(50)33(18,32)37)26-24(41)22(39)21(38)23(40)25(26)42/h2-6,8,13,15,17-18,46H,7,9H2,1H3. The van der Waals surface area contributed by atoms with E-state index in [-0.39, 0.29) is 42.8 Å². The highest BCUT2D eigenvalue weighted by Crippen LogP contribution is 2.67. The summed E-state index contributed by atoms with van der Waals surface area (Å²) in [5.41, 5.74) is -1.35. The molecule has 2 aliphatic heterocycles. The molecular formula is C33H18Br2Cl2F5IN2O6. The van der Waals surface area contributed by atoms with Crippen LogP contribution >= 0.6 is 77.7 Å². The number of anilines is 2. The van der Waals surface area contributed by atoms with E-state index in [2.05, 4.69) is 54.5 Å². The van der Waals surface area contributed by atoms with E-state index in [0.717, 1.165) is 8.47 Å². The van der Waals surface area contributed by atoms with E-state index in [1.807, 2.05) is 0 Å². The van der Waals surface area contributed by atoms with Gasteiger partial charge in [-0.25, -0.2) is 26.9 Å². The molecule has 3 aromatic rings. The fourth-order valence-electron chi connectivity index (χ4n) is 7.73. The Bertz CT molecular complexity index is 2150. The van der Waals surface area contributed by atoms with Gasteiger partial charge in [0.2, 0.25) is 17.6 Å². The van der Waals surface area contributed by atoms with Gasteiger partial charge >= 0.3 is 0 Å². The molecule has 0 spiro atoms. The molecule has 0 aromatic heterocycles. The predicted molar refractivity (Wildman–Crippen MR) is 188 cm³/mol. The van der Waals surface area contributed by atoms with Crippen molar-refractivity contribution in [1.29, 1.82) is 0 Å². The number of phenols is 1. The van der Waals surface area contributed by atoms with Crippen molar-refractivity contribution in [2.75, 3.05) is 16.9 Å². The first kappa shape index (κ1) is 36.6. The zero-order chi connectivity index (χ0) is 37.2. The van der Waals surface area contributed by atoms with E-state index in [1.165, 1.54) is 13.2 Å². The number of carbonyl (C=O) groups is 4. The van der Waals surface area contributed by atoms with Crippen molar-refractivity contribution in [2.24, 2.45) is 17.8 Å². The number of hydrogen-bond donors (Lipinski definition) is 1. The van der Waals surface area contributed by atoms with Crippen LogP contribution in [0.5, 0.6) is 11.5 Å². The minimum Gasteiger partial charge on any atom is -0.503 e. The first-order chi connectivity index (χ1) is 23.9. The number of halogens is 10. The molecule has 6 atom stereocenters. The fourth-order valence-corrected chi connectivity index (χ4v) is 9.98. The Labute approximate surface area is 325 Å². The molecule has 1 saturated carbocycles. The van der Waals surface area contributed by atoms with E-state index in [9.17, 15) is 37.5 Å². The summed E-state index contributed by atoms with van der Waals surface area (Å²) < 4.78 is 79.8. The van der Waals surface area contributed by atoms with Gasteiger partial charge in [0.05, 0.1) is 29.1 Å². The summed E-state index contributed by atoms with van der Waals surface area (Å²) in [5, 5.41) is 10.7. The summed E-state index contributed by atoms with van der Waals surface area (Å²) >= 11 is 23.0. The number of hydrogen-bond acceptors (Lipinski definition) is 6. The SMILES string of the molecule is COc1cc(C2C3=CCC4C(=O)N(c5ccc(I)cc5)C(=O)C4C3CC3(Cl)C(=O)N(c4c(F)c(F)c(F)c(F)c4F)C(=O)C23Cl)c(Br)c(Br)c1O. The lowest BCUT2D eigenvalue weighted by Gasteiger charge is -2.51. The van der Waals surface area contributed by atoms with Crippen LogP contribution in [0.25, 0.3) is 0 Å². The van der Waals surface area contributed by atoms with E-state index < -0.39 is 104 Å². The van der Waals surface area contributed by atoms with Gasteiger partial charge in [-0.15, -0.1) is 23.2 Å². The Morgan fingerprint density at radius 3 is 2.04 bits per heavy atom. The molecule has 4 aliphatic rings. The lowest BCUT2D eigenvalue weighted by Crippen LogP contribution is -2.60. The average Bonchev–Trinajstić information content (AvgIpc) is 3.44. The van der Waals surface area contributed by atoms with Gasteiger partial charge in [0, 0.05) is 14.0 Å². The van der Waals surface area contributed by atoms with Crippen LogP contribution in [-0.4, -0.2) is 45.6 Å². The molecule has 1 N–H and O–H groups in total. The number of allylic oxidation sites excluding steroid dienone is 2. The van der Waals surface area contributed by atoms with Gasteiger partial charge in [-0.3, -0.25) is 24.1 Å². The normalized spacial score (nSPS) is 28.6. The molecule has 7 rings (SSSR count). The van der Waals surface area contributed by atoms with Crippen LogP contribution in [0.3, 0.4) is 0 Å². The third kappa shape index (κ3) is 4.77. The second-order valence-electron chi connectivity index (χ2n) is 12.3. The van der Waals surface area contributed by atoms with Gasteiger partial charge in [0.25, 0.3) is 11.8 Å². The summed E-state index contributed by atoms with van der Waals surface area (Å²) in [6.45, 7) is 0. The Morgan fingerprint density at radius 1 is 0.863 bits per heavy atom. The fraction of sp³-hybridized carbons (Fsp3) is 0.273. The van der Waals surface area contributed by atoms with Crippen molar-refractivity contribution >= 4 is 113 Å². The Morgan fingerprint density at radius 2 is 1.45 bits per heavy atom. The quantitative estimate of drug-likeness (QED) is 0.0541. The van der Waals surface area contributed by atoms with Crippen LogP contribution in [0, 0.1) is 50.4 Å². The van der Waals surface area contributed by atoms with Crippen molar-refractivity contribution in [3.8, 4) is 11.5 Å². The molecule has 4 amide bonds. The monoisotopic (exact) mass is 988 g/mol. The highest BCUT2D eigenvalue weighted by molar-refractivity contribution is 14.1. The number of carbonyl (C=O) groups excluding carboxylic acids is 4. The number of ether oxygens (including phenoxy) is 1. The number of fused-ring (bicyclic) bond motifs is 4. The number of methoxy groups -OCH3 is 1. The topological polar surface area (TPSA) is 104 Å². The highest BCUT2D eigenvalue weighted by atomic mass is 127. The van der Waals surface area contributed by atoms with Gasteiger partial charge in [0.15, 0.2) is 44.5 Å². The van der Waals surface area contributed by atoms with E-state index in [1.54, 1.807) is 30.3 Å². The molecule has 0 bridgehead atoms. The van der Waals surface area contributed by atoms with E-state index in [0.29, 0.717) is 0 Å². The Balaban J connectivity index is 1.47. The number of nitrogens with zero attached hydrogens (tertiary/aromatic N) is 2. The molecule has 2 aliphatic carbocycles. The third-order valence-corrected chi connectivity index (χ3v) is 14.3. The Hall–Kier alpha value is -2.80. The van der Waals surface area contributed by atoms with Crippen molar-refractivity contribution in [3.63, 3.8) is 0 Å². The maximum absolute atomic E-state index is 15.3. The number of phenolic OH excluding ortho intramolecular Hbond substituents is 1. The molecule has 6 unspecified atom stereocenters. The molecule has 2 heterocycles. The predicted octanol–water partition coefficient (Wildman–Crippen LogP) is 7.99. The van der Waals surface area contributed by atoms with Gasteiger partial charge in [0.1, 0.15) is 5.69 Å². The molecule has 3 fully saturated rings. The molecular weight excluding hydrogens is 973 g/mol. The lowest BCUT2D eigenvalue weighted by atomic mass is 9.56. The van der Waals surface area contributed by atoms with Crippen molar-refractivity contribution < 1.29 is 51.0 Å². The number of alkyl halides is 2. The molecule has 2 saturated heterocycles. The molecule has 18 heteroatoms. The van der Waals surface area contributed by atoms with Crippen molar-refractivity contribution in [1.82, 2.24) is 0 Å². The summed E-state index contributed by atoms with van der Waals surface area (Å²) in [6.07, 6.45) is 0.863. The minimum absolute atomic E-state index is 0.0147. The lowest BCUT2D eigenvalue weighted by molar-refractivity contribution is -0.125. The maximum atomic E-state index is 15.3. The average molecular weight is 991 g/mol. The molecule has 266 valence electrons. The van der Waals surface area contributed by atoms with Crippen LogP contribution in [0.15, 0.2) is 50.9 Å². The van der Waals surface area contributed by atoms with Crippen LogP contribution in [0.1, 0.15) is 24.3 Å². The first-order valence-electron chi connectivity index (χ1n) is 14.8. The number of rotatable bonds is 4. The van der Waals surface area contributed by atoms with Crippen LogP contribution in [-0.2, 0) is 19.2 Å². The van der Waals surface area contributed by atoms with Gasteiger partial charge < -0.3 is 9.84 Å². The van der Waals surface area contributed by atoms with Crippen LogP contribution in [0.2, 0.25) is 0 Å². The van der Waals surface area contributed by atoms with Crippen molar-refractivity contribution in [3.05, 3.63) is 89.1 Å². The first-order valence-corrected chi connectivity index (χ1v) is 18.2. The van der Waals surface area contributed by atoms with Crippen molar-refractivity contribution in [2.45, 2.75) is 28.5 Å². The summed E-state index contributed by atoms with van der Waals surface area (Å²) in [6, 6.07) is 7.80. The third-order valence-electron chi connectivity index (χ3n) is 10.0. The van der Waals surface area contributed by atoms with Gasteiger partial charge in [-0.05, 0) is 109 Å². The largest absolute Gasteiger partial charge is 0.503 e. The minimum atomic E-state index is -2.76. The summed E-state index contributed by atoms with van der Waals surface area (Å²) in [5.74, 6) is -22.2. The number of benzene rings is 3. The molecule has 0 radical (unpaired) electrons. The number of amides is 4. The second-order valence-corrected chi connectivity index (χ2v) is 16.4. The molecule has 51 heavy (non-hydrogen) atoms. The number of imide groups is 2. The van der Waals surface area contributed by atoms with Gasteiger partial charge in [-0.2, -0.15) is 0 Å². The van der Waals surface area contributed by atoms with E-state index >= 15 is 8.78 Å². The van der Waals surface area contributed by atoms with Crippen LogP contribution in [0.4, 0.5) is 33.3 Å². The zero-order valence-electron chi connectivity index (χ0n) is 25.4. The summed E-state index contributed by atoms with van der Waals surface area (Å²) in [4.78, 5) is 52.3. The highest BCUT2D eigenvalue weighted by Gasteiger charge is 2.77. The second kappa shape index (κ2) is 12.4. The number of aromatic hydroxyl groups is 1. The summed E-state index contributed by atoms with van der Waals surface area (Å²) in [7, 11) is 1.22. The van der Waals surface area contributed by atoms with E-state index in [4.69, 9.17) is 27.9 Å². The maximum Gasteiger partial charge on any atom is 0.258 e. The van der Waals surface area contributed by atoms with Crippen LogP contribution < -0.4 is 14.5 Å². The molecule has 8 nitrogen and oxygen atoms in total. The smallest absolute Gasteiger partial charge is 0.258 e.